The topological polar surface area (TPSA) is 63.7 Å². The fourth-order valence-corrected chi connectivity index (χ4v) is 5.76. The summed E-state index contributed by atoms with van der Waals surface area (Å²) in [5, 5.41) is -0.593. The Labute approximate surface area is 222 Å². The first-order valence-electron chi connectivity index (χ1n) is 12.8. The van der Waals surface area contributed by atoms with Crippen LogP contribution in [0.1, 0.15) is 76.7 Å². The number of hydrogen-bond acceptors (Lipinski definition) is 5. The van der Waals surface area contributed by atoms with Crippen LogP contribution in [-0.2, 0) is 25.9 Å². The minimum Gasteiger partial charge on any atom is -0.460 e. The molecule has 0 aromatic heterocycles. The molecule has 198 valence electrons. The molecule has 37 heavy (non-hydrogen) atoms. The second kappa shape index (κ2) is 12.1. The molecule has 3 rings (SSSR count). The van der Waals surface area contributed by atoms with Crippen molar-refractivity contribution < 1.29 is 17.9 Å². The Morgan fingerprint density at radius 1 is 0.838 bits per heavy atom. The van der Waals surface area contributed by atoms with Gasteiger partial charge in [-0.25, -0.2) is 8.42 Å². The number of rotatable bonds is 10. The molecule has 0 radical (unpaired) electrons. The molecule has 0 bridgehead atoms. The Kier molecular flexibility index (Phi) is 9.32. The van der Waals surface area contributed by atoms with Crippen molar-refractivity contribution in [3.8, 4) is 0 Å². The van der Waals surface area contributed by atoms with Crippen LogP contribution in [0.5, 0.6) is 0 Å². The molecule has 0 aliphatic rings. The number of nitrogens with zero attached hydrogens (tertiary/aromatic N) is 1. The van der Waals surface area contributed by atoms with Gasteiger partial charge in [-0.1, -0.05) is 78.9 Å². The second-order valence-electron chi connectivity index (χ2n) is 10.7. The molecule has 0 N–H and O–H groups in total. The molecule has 0 aliphatic heterocycles. The lowest BCUT2D eigenvalue weighted by Gasteiger charge is -2.38. The van der Waals surface area contributed by atoms with Gasteiger partial charge in [0.1, 0.15) is 5.60 Å². The van der Waals surface area contributed by atoms with E-state index in [1.165, 1.54) is 0 Å². The molecule has 3 aromatic carbocycles. The Morgan fingerprint density at radius 3 is 1.95 bits per heavy atom. The smallest absolute Gasteiger partial charge is 0.308 e. The number of benzene rings is 3. The van der Waals surface area contributed by atoms with E-state index in [1.807, 2.05) is 81.4 Å². The first-order valence-corrected chi connectivity index (χ1v) is 14.3. The maximum Gasteiger partial charge on any atom is 0.308 e. The van der Waals surface area contributed by atoms with Crippen LogP contribution in [0.3, 0.4) is 0 Å². The van der Waals surface area contributed by atoms with Crippen molar-refractivity contribution in [2.75, 3.05) is 0 Å². The highest BCUT2D eigenvalue weighted by molar-refractivity contribution is 7.92. The molecule has 3 aromatic rings. The van der Waals surface area contributed by atoms with Crippen LogP contribution in [0.25, 0.3) is 0 Å². The van der Waals surface area contributed by atoms with Crippen molar-refractivity contribution in [1.29, 1.82) is 0 Å². The number of esters is 1. The lowest BCUT2D eigenvalue weighted by molar-refractivity contribution is -0.156. The van der Waals surface area contributed by atoms with Gasteiger partial charge in [0.25, 0.3) is 0 Å². The van der Waals surface area contributed by atoms with Crippen LogP contribution in [0.2, 0.25) is 0 Å². The highest BCUT2D eigenvalue weighted by Gasteiger charge is 2.34. The number of sulfone groups is 1. The minimum atomic E-state index is -3.60. The first-order chi connectivity index (χ1) is 17.4. The molecule has 0 saturated carbocycles. The van der Waals surface area contributed by atoms with Crippen molar-refractivity contribution >= 4 is 15.8 Å². The normalized spacial score (nSPS) is 13.9. The molecule has 5 nitrogen and oxygen atoms in total. The van der Waals surface area contributed by atoms with E-state index >= 15 is 0 Å². The molecule has 0 amide bonds. The predicted octanol–water partition coefficient (Wildman–Crippen LogP) is 6.91. The fraction of sp³-hybridized carbons (Fsp3) is 0.387. The predicted molar refractivity (Wildman–Crippen MR) is 149 cm³/mol. The quantitative estimate of drug-likeness (QED) is 0.271. The molecule has 0 aliphatic carbocycles. The summed E-state index contributed by atoms with van der Waals surface area (Å²) in [6.45, 7) is 11.5. The molecule has 0 saturated heterocycles. The van der Waals surface area contributed by atoms with Gasteiger partial charge in [-0.05, 0) is 64.3 Å². The molecular formula is C31H39NO4S. The maximum absolute atomic E-state index is 13.5. The molecule has 6 heteroatoms. The number of hydrogen-bond donors (Lipinski definition) is 0. The Morgan fingerprint density at radius 2 is 1.38 bits per heavy atom. The van der Waals surface area contributed by atoms with E-state index in [0.717, 1.165) is 11.1 Å². The molecule has 0 fully saturated rings. The number of ether oxygens (including phenoxy) is 1. The van der Waals surface area contributed by atoms with Crippen LogP contribution < -0.4 is 0 Å². The number of carbonyl (C=O) groups is 1. The average molecular weight is 522 g/mol. The fourth-order valence-electron chi connectivity index (χ4n) is 4.45. The van der Waals surface area contributed by atoms with E-state index in [4.69, 9.17) is 4.74 Å². The summed E-state index contributed by atoms with van der Waals surface area (Å²) in [5.74, 6) is -0.368. The van der Waals surface area contributed by atoms with Crippen LogP contribution >= 0.6 is 0 Å². The van der Waals surface area contributed by atoms with E-state index in [9.17, 15) is 13.2 Å². The minimum absolute atomic E-state index is 0.0197. The summed E-state index contributed by atoms with van der Waals surface area (Å²) in [5.41, 5.74) is 2.11. The average Bonchev–Trinajstić information content (AvgIpc) is 2.85. The molecule has 2 atom stereocenters. The van der Waals surface area contributed by atoms with Crippen LogP contribution in [0, 0.1) is 0 Å². The third-order valence-corrected chi connectivity index (χ3v) is 8.60. The van der Waals surface area contributed by atoms with Gasteiger partial charge < -0.3 is 4.74 Å². The standard InChI is InChI=1S/C31H39NO4S/c1-23(2)37(34,35)29-20-14-13-19-27(29)28(21-30(33)36-31(4,5)6)32(22-25-15-9-7-10-16-25)24(3)26-17-11-8-12-18-26/h7-20,23-24,28H,21-22H2,1-6H3. The summed E-state index contributed by atoms with van der Waals surface area (Å²) in [7, 11) is -3.60. The van der Waals surface area contributed by atoms with Crippen LogP contribution in [0.15, 0.2) is 89.8 Å². The van der Waals surface area contributed by atoms with Gasteiger partial charge in [0.15, 0.2) is 9.84 Å². The van der Waals surface area contributed by atoms with E-state index in [-0.39, 0.29) is 23.3 Å². The zero-order valence-electron chi connectivity index (χ0n) is 22.7. The van der Waals surface area contributed by atoms with E-state index in [1.54, 1.807) is 26.0 Å². The summed E-state index contributed by atoms with van der Waals surface area (Å²) in [4.78, 5) is 15.7. The van der Waals surface area contributed by atoms with E-state index in [2.05, 4.69) is 24.0 Å². The van der Waals surface area contributed by atoms with Gasteiger partial charge in [0.05, 0.1) is 16.6 Å². The Balaban J connectivity index is 2.20. The lowest BCUT2D eigenvalue weighted by Crippen LogP contribution is -2.35. The molecule has 2 unspecified atom stereocenters. The highest BCUT2D eigenvalue weighted by atomic mass is 32.2. The molecular weight excluding hydrogens is 482 g/mol. The lowest BCUT2D eigenvalue weighted by atomic mass is 9.96. The van der Waals surface area contributed by atoms with Gasteiger partial charge in [-0.2, -0.15) is 0 Å². The summed E-state index contributed by atoms with van der Waals surface area (Å²) in [6.07, 6.45) is 0.0197. The zero-order valence-corrected chi connectivity index (χ0v) is 23.5. The van der Waals surface area contributed by atoms with E-state index in [0.29, 0.717) is 12.1 Å². The SMILES string of the molecule is CC(c1ccccc1)N(Cc1ccccc1)C(CC(=O)OC(C)(C)C)c1ccccc1S(=O)(=O)C(C)C. The zero-order chi connectivity index (χ0) is 27.2. The van der Waals surface area contributed by atoms with Crippen LogP contribution in [0.4, 0.5) is 0 Å². The summed E-state index contributed by atoms with van der Waals surface area (Å²) in [6, 6.07) is 26.5. The van der Waals surface area contributed by atoms with Gasteiger partial charge in [0, 0.05) is 18.6 Å². The highest BCUT2D eigenvalue weighted by Crippen LogP contribution is 2.38. The van der Waals surface area contributed by atoms with Crippen LogP contribution in [-0.4, -0.2) is 30.1 Å². The van der Waals surface area contributed by atoms with Gasteiger partial charge in [-0.15, -0.1) is 0 Å². The third kappa shape index (κ3) is 7.53. The van der Waals surface area contributed by atoms with Crippen molar-refractivity contribution in [2.45, 2.75) is 82.3 Å². The maximum atomic E-state index is 13.5. The monoisotopic (exact) mass is 521 g/mol. The Hall–Kier alpha value is -2.96. The first kappa shape index (κ1) is 28.6. The second-order valence-corrected chi connectivity index (χ2v) is 13.2. The number of carbonyl (C=O) groups excluding carboxylic acids is 1. The largest absolute Gasteiger partial charge is 0.460 e. The molecule has 0 heterocycles. The van der Waals surface area contributed by atoms with Crippen molar-refractivity contribution in [3.63, 3.8) is 0 Å². The summed E-state index contributed by atoms with van der Waals surface area (Å²) >= 11 is 0. The van der Waals surface area contributed by atoms with Crippen molar-refractivity contribution in [1.82, 2.24) is 4.90 Å². The van der Waals surface area contributed by atoms with Gasteiger partial charge >= 0.3 is 5.97 Å². The van der Waals surface area contributed by atoms with Gasteiger partial charge in [0.2, 0.25) is 0 Å². The molecule has 0 spiro atoms. The Bertz CT molecular complexity index is 1270. The van der Waals surface area contributed by atoms with E-state index < -0.39 is 26.7 Å². The van der Waals surface area contributed by atoms with Crippen molar-refractivity contribution in [2.24, 2.45) is 0 Å². The van der Waals surface area contributed by atoms with Crippen molar-refractivity contribution in [3.05, 3.63) is 102 Å². The van der Waals surface area contributed by atoms with Gasteiger partial charge in [-0.3, -0.25) is 9.69 Å². The summed E-state index contributed by atoms with van der Waals surface area (Å²) < 4.78 is 32.6. The third-order valence-electron chi connectivity index (χ3n) is 6.37.